The standard InChI is InChI=1S/C14H13Cl2NO/c1-18-13-8-11(16)5-6-12(13)14(17)9-3-2-4-10(15)7-9/h2-8,14H,17H2,1H3. The van der Waals surface area contributed by atoms with E-state index in [1.165, 1.54) is 0 Å². The molecule has 1 atom stereocenters. The van der Waals surface area contributed by atoms with Crippen LogP contribution in [0.25, 0.3) is 0 Å². The van der Waals surface area contributed by atoms with Crippen LogP contribution >= 0.6 is 23.2 Å². The molecule has 2 aromatic rings. The minimum atomic E-state index is -0.295. The van der Waals surface area contributed by atoms with Crippen molar-refractivity contribution in [2.75, 3.05) is 7.11 Å². The Kier molecular flexibility index (Phi) is 4.12. The van der Waals surface area contributed by atoms with Crippen molar-refractivity contribution < 1.29 is 4.74 Å². The zero-order valence-corrected chi connectivity index (χ0v) is 11.4. The van der Waals surface area contributed by atoms with Crippen molar-refractivity contribution >= 4 is 23.2 Å². The Morgan fingerprint density at radius 2 is 1.78 bits per heavy atom. The molecule has 0 amide bonds. The molecule has 2 aromatic carbocycles. The summed E-state index contributed by atoms with van der Waals surface area (Å²) in [6, 6.07) is 12.6. The first kappa shape index (κ1) is 13.2. The number of benzene rings is 2. The Hall–Kier alpha value is -1.22. The number of ether oxygens (including phenoxy) is 1. The highest BCUT2D eigenvalue weighted by molar-refractivity contribution is 6.31. The Morgan fingerprint density at radius 1 is 1.06 bits per heavy atom. The van der Waals surface area contributed by atoms with Crippen molar-refractivity contribution in [3.05, 3.63) is 63.6 Å². The number of rotatable bonds is 3. The summed E-state index contributed by atoms with van der Waals surface area (Å²) >= 11 is 11.9. The monoisotopic (exact) mass is 281 g/mol. The lowest BCUT2D eigenvalue weighted by atomic mass is 9.99. The second-order valence-electron chi connectivity index (χ2n) is 3.92. The lowest BCUT2D eigenvalue weighted by Gasteiger charge is -2.16. The van der Waals surface area contributed by atoms with Crippen LogP contribution in [-0.2, 0) is 0 Å². The number of halogens is 2. The number of nitrogens with two attached hydrogens (primary N) is 1. The van der Waals surface area contributed by atoms with Crippen LogP contribution in [0.2, 0.25) is 10.0 Å². The molecule has 0 aromatic heterocycles. The maximum Gasteiger partial charge on any atom is 0.125 e. The SMILES string of the molecule is COc1cc(Cl)ccc1C(N)c1cccc(Cl)c1. The van der Waals surface area contributed by atoms with Crippen LogP contribution in [0.4, 0.5) is 0 Å². The van der Waals surface area contributed by atoms with Gasteiger partial charge in [0.1, 0.15) is 5.75 Å². The molecular formula is C14H13Cl2NO. The van der Waals surface area contributed by atoms with Crippen molar-refractivity contribution in [2.24, 2.45) is 5.73 Å². The highest BCUT2D eigenvalue weighted by Crippen LogP contribution is 2.31. The molecule has 0 saturated heterocycles. The molecule has 0 spiro atoms. The van der Waals surface area contributed by atoms with Crippen LogP contribution in [0, 0.1) is 0 Å². The van der Waals surface area contributed by atoms with E-state index in [0.717, 1.165) is 11.1 Å². The van der Waals surface area contributed by atoms with E-state index in [0.29, 0.717) is 15.8 Å². The molecule has 0 aliphatic heterocycles. The predicted molar refractivity (Wildman–Crippen MR) is 75.5 cm³/mol. The van der Waals surface area contributed by atoms with Crippen molar-refractivity contribution in [3.8, 4) is 5.75 Å². The molecule has 0 heterocycles. The zero-order chi connectivity index (χ0) is 13.1. The Bertz CT molecular complexity index is 557. The minimum absolute atomic E-state index is 0.295. The molecule has 94 valence electrons. The molecule has 2 nitrogen and oxygen atoms in total. The highest BCUT2D eigenvalue weighted by atomic mass is 35.5. The van der Waals surface area contributed by atoms with E-state index in [-0.39, 0.29) is 6.04 Å². The van der Waals surface area contributed by atoms with Gasteiger partial charge in [0, 0.05) is 15.6 Å². The third kappa shape index (κ3) is 2.78. The summed E-state index contributed by atoms with van der Waals surface area (Å²) in [6.45, 7) is 0. The number of hydrogen-bond donors (Lipinski definition) is 1. The van der Waals surface area contributed by atoms with Crippen LogP contribution in [0.1, 0.15) is 17.2 Å². The maximum atomic E-state index is 6.23. The normalized spacial score (nSPS) is 12.2. The molecule has 18 heavy (non-hydrogen) atoms. The summed E-state index contributed by atoms with van der Waals surface area (Å²) in [5.74, 6) is 0.676. The largest absolute Gasteiger partial charge is 0.496 e. The van der Waals surface area contributed by atoms with E-state index in [1.807, 2.05) is 30.3 Å². The van der Waals surface area contributed by atoms with E-state index in [1.54, 1.807) is 19.2 Å². The first-order valence-corrected chi connectivity index (χ1v) is 6.22. The first-order valence-electron chi connectivity index (χ1n) is 5.46. The van der Waals surface area contributed by atoms with Crippen LogP contribution in [-0.4, -0.2) is 7.11 Å². The van der Waals surface area contributed by atoms with Crippen LogP contribution < -0.4 is 10.5 Å². The van der Waals surface area contributed by atoms with E-state index in [4.69, 9.17) is 33.7 Å². The van der Waals surface area contributed by atoms with E-state index < -0.39 is 0 Å². The Morgan fingerprint density at radius 3 is 2.44 bits per heavy atom. The fraction of sp³-hybridized carbons (Fsp3) is 0.143. The molecule has 0 aliphatic carbocycles. The average molecular weight is 282 g/mol. The van der Waals surface area contributed by atoms with Gasteiger partial charge in [-0.25, -0.2) is 0 Å². The quantitative estimate of drug-likeness (QED) is 0.921. The summed E-state index contributed by atoms with van der Waals surface area (Å²) in [4.78, 5) is 0. The summed E-state index contributed by atoms with van der Waals surface area (Å²) in [5.41, 5.74) is 8.04. The van der Waals surface area contributed by atoms with Gasteiger partial charge in [-0.15, -0.1) is 0 Å². The summed E-state index contributed by atoms with van der Waals surface area (Å²) in [7, 11) is 1.60. The van der Waals surface area contributed by atoms with Gasteiger partial charge in [-0.1, -0.05) is 41.4 Å². The second-order valence-corrected chi connectivity index (χ2v) is 4.79. The van der Waals surface area contributed by atoms with Gasteiger partial charge in [-0.3, -0.25) is 0 Å². The maximum absolute atomic E-state index is 6.23. The highest BCUT2D eigenvalue weighted by Gasteiger charge is 2.14. The molecule has 4 heteroatoms. The predicted octanol–water partition coefficient (Wildman–Crippen LogP) is 4.05. The second kappa shape index (κ2) is 5.61. The van der Waals surface area contributed by atoms with E-state index in [9.17, 15) is 0 Å². The topological polar surface area (TPSA) is 35.2 Å². The fourth-order valence-electron chi connectivity index (χ4n) is 1.82. The van der Waals surface area contributed by atoms with Crippen LogP contribution in [0.5, 0.6) is 5.75 Å². The zero-order valence-electron chi connectivity index (χ0n) is 9.86. The lowest BCUT2D eigenvalue weighted by Crippen LogP contribution is -2.13. The number of methoxy groups -OCH3 is 1. The first-order chi connectivity index (χ1) is 8.61. The summed E-state index contributed by atoms with van der Waals surface area (Å²) in [5, 5.41) is 1.28. The van der Waals surface area contributed by atoms with Crippen molar-refractivity contribution in [1.82, 2.24) is 0 Å². The molecule has 0 aliphatic rings. The lowest BCUT2D eigenvalue weighted by molar-refractivity contribution is 0.408. The fourth-order valence-corrected chi connectivity index (χ4v) is 2.18. The van der Waals surface area contributed by atoms with Crippen LogP contribution in [0.15, 0.2) is 42.5 Å². The van der Waals surface area contributed by atoms with Gasteiger partial charge in [0.15, 0.2) is 0 Å². The Balaban J connectivity index is 2.42. The molecule has 0 fully saturated rings. The van der Waals surface area contributed by atoms with Gasteiger partial charge in [0.25, 0.3) is 0 Å². The average Bonchev–Trinajstić information content (AvgIpc) is 2.37. The number of hydrogen-bond acceptors (Lipinski definition) is 2. The third-order valence-corrected chi connectivity index (χ3v) is 3.21. The van der Waals surface area contributed by atoms with Gasteiger partial charge in [-0.2, -0.15) is 0 Å². The molecule has 0 bridgehead atoms. The van der Waals surface area contributed by atoms with Crippen molar-refractivity contribution in [1.29, 1.82) is 0 Å². The van der Waals surface area contributed by atoms with Gasteiger partial charge >= 0.3 is 0 Å². The molecule has 1 unspecified atom stereocenters. The van der Waals surface area contributed by atoms with Crippen LogP contribution in [0.3, 0.4) is 0 Å². The van der Waals surface area contributed by atoms with Crippen molar-refractivity contribution in [3.63, 3.8) is 0 Å². The molecule has 2 N–H and O–H groups in total. The Labute approximate surface area is 116 Å². The van der Waals surface area contributed by atoms with Gasteiger partial charge in [-0.05, 0) is 29.8 Å². The van der Waals surface area contributed by atoms with Gasteiger partial charge < -0.3 is 10.5 Å². The molecule has 0 radical (unpaired) electrons. The third-order valence-electron chi connectivity index (χ3n) is 2.74. The summed E-state index contributed by atoms with van der Waals surface area (Å²) < 4.78 is 5.30. The molecule has 2 rings (SSSR count). The van der Waals surface area contributed by atoms with Gasteiger partial charge in [0.05, 0.1) is 13.2 Å². The molecular weight excluding hydrogens is 269 g/mol. The molecule has 0 saturated carbocycles. The minimum Gasteiger partial charge on any atom is -0.496 e. The van der Waals surface area contributed by atoms with Crippen molar-refractivity contribution in [2.45, 2.75) is 6.04 Å². The smallest absolute Gasteiger partial charge is 0.125 e. The summed E-state index contributed by atoms with van der Waals surface area (Å²) in [6.07, 6.45) is 0. The van der Waals surface area contributed by atoms with E-state index >= 15 is 0 Å². The van der Waals surface area contributed by atoms with Gasteiger partial charge in [0.2, 0.25) is 0 Å². The van der Waals surface area contributed by atoms with E-state index in [2.05, 4.69) is 0 Å².